The summed E-state index contributed by atoms with van der Waals surface area (Å²) in [5, 5.41) is 2.61. The number of Topliss-reactive ketones (excluding diaryl/α,β-unsaturated/α-hetero) is 1. The molecule has 0 aliphatic carbocycles. The first-order valence-electron chi connectivity index (χ1n) is 5.10. The summed E-state index contributed by atoms with van der Waals surface area (Å²) < 4.78 is 5.94. The second kappa shape index (κ2) is 5.82. The zero-order chi connectivity index (χ0) is 13.0. The van der Waals surface area contributed by atoms with Crippen molar-refractivity contribution < 1.29 is 14.3 Å². The summed E-state index contributed by atoms with van der Waals surface area (Å²) in [4.78, 5) is 23.0. The Morgan fingerprint density at radius 2 is 2.06 bits per heavy atom. The summed E-state index contributed by atoms with van der Waals surface area (Å²) in [7, 11) is 1.49. The van der Waals surface area contributed by atoms with E-state index >= 15 is 0 Å². The van der Waals surface area contributed by atoms with Crippen LogP contribution in [0, 0.1) is 0 Å². The maximum atomic E-state index is 11.9. The summed E-state index contributed by atoms with van der Waals surface area (Å²) in [6.45, 7) is 3.08. The van der Waals surface area contributed by atoms with Crippen molar-refractivity contribution in [3.63, 3.8) is 0 Å². The summed E-state index contributed by atoms with van der Waals surface area (Å²) in [5.74, 6) is 0.0547. The molecule has 0 fully saturated rings. The number of hydrogen-bond acceptors (Lipinski definition) is 3. The molecule has 0 saturated heterocycles. The van der Waals surface area contributed by atoms with Crippen molar-refractivity contribution in [2.75, 3.05) is 7.11 Å². The molecular formula is C12H14BrNO3. The van der Waals surface area contributed by atoms with Gasteiger partial charge in [-0.25, -0.2) is 0 Å². The van der Waals surface area contributed by atoms with Gasteiger partial charge in [-0.2, -0.15) is 0 Å². The Morgan fingerprint density at radius 1 is 1.41 bits per heavy atom. The molecule has 0 aromatic heterocycles. The van der Waals surface area contributed by atoms with Crippen LogP contribution in [0.3, 0.4) is 0 Å². The molecule has 0 bridgehead atoms. The number of nitrogens with one attached hydrogen (secondary N) is 1. The first kappa shape index (κ1) is 13.7. The molecule has 0 heterocycles. The molecule has 1 aromatic carbocycles. The van der Waals surface area contributed by atoms with E-state index in [1.165, 1.54) is 14.0 Å². The number of ether oxygens (including phenoxy) is 1. The first-order valence-corrected chi connectivity index (χ1v) is 5.90. The van der Waals surface area contributed by atoms with Gasteiger partial charge in [-0.3, -0.25) is 9.59 Å². The van der Waals surface area contributed by atoms with Gasteiger partial charge >= 0.3 is 0 Å². The minimum absolute atomic E-state index is 0.0885. The smallest absolute Gasteiger partial charge is 0.255 e. The lowest BCUT2D eigenvalue weighted by molar-refractivity contribution is -0.118. The number of carbonyl (C=O) groups excluding carboxylic acids is 2. The number of hydrogen-bond donors (Lipinski definition) is 1. The van der Waals surface area contributed by atoms with Crippen LogP contribution < -0.4 is 10.1 Å². The van der Waals surface area contributed by atoms with E-state index in [-0.39, 0.29) is 11.7 Å². The molecule has 4 nitrogen and oxygen atoms in total. The molecule has 1 atom stereocenters. The van der Waals surface area contributed by atoms with Crippen molar-refractivity contribution in [1.29, 1.82) is 0 Å². The third-order valence-electron chi connectivity index (χ3n) is 2.37. The van der Waals surface area contributed by atoms with Crippen LogP contribution in [-0.4, -0.2) is 24.8 Å². The second-order valence-corrected chi connectivity index (χ2v) is 4.57. The number of carbonyl (C=O) groups is 2. The van der Waals surface area contributed by atoms with Crippen LogP contribution in [0.2, 0.25) is 0 Å². The molecule has 92 valence electrons. The molecule has 1 rings (SSSR count). The number of halogens is 1. The topological polar surface area (TPSA) is 55.4 Å². The Labute approximate surface area is 108 Å². The molecular weight excluding hydrogens is 286 g/mol. The SMILES string of the molecule is COc1cc(Br)ccc1C(=O)NC(C)C(C)=O. The highest BCUT2D eigenvalue weighted by Crippen LogP contribution is 2.23. The van der Waals surface area contributed by atoms with Crippen molar-refractivity contribution >= 4 is 27.6 Å². The highest BCUT2D eigenvalue weighted by atomic mass is 79.9. The second-order valence-electron chi connectivity index (χ2n) is 3.65. The zero-order valence-corrected chi connectivity index (χ0v) is 11.5. The summed E-state index contributed by atoms with van der Waals surface area (Å²) in [6, 6.07) is 4.59. The van der Waals surface area contributed by atoms with Crippen LogP contribution in [0.1, 0.15) is 24.2 Å². The highest BCUT2D eigenvalue weighted by molar-refractivity contribution is 9.10. The van der Waals surface area contributed by atoms with Crippen LogP contribution >= 0.6 is 15.9 Å². The molecule has 0 spiro atoms. The Bertz CT molecular complexity index is 445. The Kier molecular flexibility index (Phi) is 4.69. The third kappa shape index (κ3) is 3.56. The number of ketones is 1. The van der Waals surface area contributed by atoms with Gasteiger partial charge in [-0.15, -0.1) is 0 Å². The van der Waals surface area contributed by atoms with Crippen LogP contribution in [0.25, 0.3) is 0 Å². The predicted molar refractivity (Wildman–Crippen MR) is 68.3 cm³/mol. The molecule has 1 N–H and O–H groups in total. The van der Waals surface area contributed by atoms with Crippen LogP contribution in [-0.2, 0) is 4.79 Å². The van der Waals surface area contributed by atoms with E-state index in [2.05, 4.69) is 21.2 Å². The Hall–Kier alpha value is -1.36. The van der Waals surface area contributed by atoms with Gasteiger partial charge in [0.05, 0.1) is 18.7 Å². The fourth-order valence-corrected chi connectivity index (χ4v) is 1.57. The molecule has 0 aliphatic rings. The van der Waals surface area contributed by atoms with Crippen molar-refractivity contribution in [3.05, 3.63) is 28.2 Å². The van der Waals surface area contributed by atoms with Crippen molar-refractivity contribution in [3.8, 4) is 5.75 Å². The van der Waals surface area contributed by atoms with E-state index in [1.54, 1.807) is 25.1 Å². The minimum atomic E-state index is -0.504. The standard InChI is InChI=1S/C12H14BrNO3/c1-7(8(2)15)14-12(16)10-5-4-9(13)6-11(10)17-3/h4-7H,1-3H3,(H,14,16). The van der Waals surface area contributed by atoms with Crippen molar-refractivity contribution in [2.45, 2.75) is 19.9 Å². The monoisotopic (exact) mass is 299 g/mol. The van der Waals surface area contributed by atoms with E-state index in [4.69, 9.17) is 4.74 Å². The van der Waals surface area contributed by atoms with Gasteiger partial charge < -0.3 is 10.1 Å². The molecule has 0 aliphatic heterocycles. The highest BCUT2D eigenvalue weighted by Gasteiger charge is 2.16. The van der Waals surface area contributed by atoms with Crippen LogP contribution in [0.5, 0.6) is 5.75 Å². The largest absolute Gasteiger partial charge is 0.496 e. The van der Waals surface area contributed by atoms with E-state index in [1.807, 2.05) is 0 Å². The zero-order valence-electron chi connectivity index (χ0n) is 9.91. The average Bonchev–Trinajstić information content (AvgIpc) is 2.28. The fraction of sp³-hybridized carbons (Fsp3) is 0.333. The maximum absolute atomic E-state index is 11.9. The van der Waals surface area contributed by atoms with Gasteiger partial charge in [-0.05, 0) is 32.0 Å². The van der Waals surface area contributed by atoms with Gasteiger partial charge in [0.15, 0.2) is 5.78 Å². The van der Waals surface area contributed by atoms with Gasteiger partial charge in [0.2, 0.25) is 0 Å². The lowest BCUT2D eigenvalue weighted by Crippen LogP contribution is -2.37. The lowest BCUT2D eigenvalue weighted by Gasteiger charge is -2.13. The quantitative estimate of drug-likeness (QED) is 0.927. The van der Waals surface area contributed by atoms with E-state index in [0.29, 0.717) is 11.3 Å². The minimum Gasteiger partial charge on any atom is -0.496 e. The molecule has 1 aromatic rings. The molecule has 17 heavy (non-hydrogen) atoms. The fourth-order valence-electron chi connectivity index (χ4n) is 1.23. The first-order chi connectivity index (χ1) is 7.95. The average molecular weight is 300 g/mol. The van der Waals surface area contributed by atoms with E-state index in [9.17, 15) is 9.59 Å². The summed E-state index contributed by atoms with van der Waals surface area (Å²) in [5.41, 5.74) is 0.406. The molecule has 1 unspecified atom stereocenters. The van der Waals surface area contributed by atoms with Crippen LogP contribution in [0.4, 0.5) is 0 Å². The van der Waals surface area contributed by atoms with E-state index < -0.39 is 6.04 Å². The number of benzene rings is 1. The third-order valence-corrected chi connectivity index (χ3v) is 2.86. The maximum Gasteiger partial charge on any atom is 0.255 e. The lowest BCUT2D eigenvalue weighted by atomic mass is 10.1. The van der Waals surface area contributed by atoms with Gasteiger partial charge in [-0.1, -0.05) is 15.9 Å². The molecule has 1 amide bonds. The normalized spacial score (nSPS) is 11.8. The van der Waals surface area contributed by atoms with Crippen molar-refractivity contribution in [1.82, 2.24) is 5.32 Å². The molecule has 0 saturated carbocycles. The number of amides is 1. The summed E-state index contributed by atoms with van der Waals surface area (Å²) in [6.07, 6.45) is 0. The molecule has 5 heteroatoms. The van der Waals surface area contributed by atoms with Gasteiger partial charge in [0, 0.05) is 4.47 Å². The Balaban J connectivity index is 2.92. The summed E-state index contributed by atoms with van der Waals surface area (Å²) >= 11 is 3.29. The molecule has 0 radical (unpaired) electrons. The van der Waals surface area contributed by atoms with Gasteiger partial charge in [0.25, 0.3) is 5.91 Å². The van der Waals surface area contributed by atoms with Gasteiger partial charge in [0.1, 0.15) is 5.75 Å². The Morgan fingerprint density at radius 3 is 2.59 bits per heavy atom. The van der Waals surface area contributed by atoms with Crippen LogP contribution in [0.15, 0.2) is 22.7 Å². The van der Waals surface area contributed by atoms with Crippen molar-refractivity contribution in [2.24, 2.45) is 0 Å². The predicted octanol–water partition coefficient (Wildman–Crippen LogP) is 2.17. The number of methoxy groups -OCH3 is 1. The van der Waals surface area contributed by atoms with E-state index in [0.717, 1.165) is 4.47 Å². The number of rotatable bonds is 4.